The SMILES string of the molecule is CCCNP(=O)(OCc1oc(=O)oc1C)OC[C@H]1O[C@@H](n2cnc3c(OCC)nc(N)nc32)[C@](C)(N=[N+]=[N-])[C@@H]1O. The third-order valence-corrected chi connectivity index (χ3v) is 7.69. The second kappa shape index (κ2) is 11.9. The van der Waals surface area contributed by atoms with Gasteiger partial charge in [0.15, 0.2) is 23.2 Å². The number of ether oxygens (including phenoxy) is 2. The van der Waals surface area contributed by atoms with Crippen LogP contribution in [0.4, 0.5) is 5.95 Å². The van der Waals surface area contributed by atoms with Gasteiger partial charge in [0.2, 0.25) is 11.8 Å². The Bertz CT molecular complexity index is 1500. The summed E-state index contributed by atoms with van der Waals surface area (Å²) < 4.78 is 47.2. The number of nitrogen functional groups attached to an aromatic ring is 1. The smallest absolute Gasteiger partial charge is 0.476 e. The first kappa shape index (κ1) is 29.5. The number of anilines is 1. The zero-order valence-corrected chi connectivity index (χ0v) is 23.1. The fraction of sp³-hybridized carbons (Fsp3) is 0.619. The van der Waals surface area contributed by atoms with Gasteiger partial charge in [0.25, 0.3) is 0 Å². The number of nitrogens with one attached hydrogen (secondary N) is 1. The first-order valence-electron chi connectivity index (χ1n) is 12.3. The maximum absolute atomic E-state index is 13.5. The molecule has 1 fully saturated rings. The van der Waals surface area contributed by atoms with Crippen LogP contribution in [0.2, 0.25) is 0 Å². The highest BCUT2D eigenvalue weighted by molar-refractivity contribution is 7.51. The van der Waals surface area contributed by atoms with E-state index in [-0.39, 0.29) is 47.7 Å². The monoisotopic (exact) mass is 583 g/mol. The molecule has 1 aliphatic rings. The number of aromatic nitrogens is 4. The molecule has 3 aromatic rings. The molecule has 4 heterocycles. The van der Waals surface area contributed by atoms with E-state index >= 15 is 0 Å². The summed E-state index contributed by atoms with van der Waals surface area (Å²) in [5.74, 6) is -0.660. The Labute approximate surface area is 227 Å². The van der Waals surface area contributed by atoms with E-state index < -0.39 is 44.2 Å². The number of rotatable bonds is 13. The van der Waals surface area contributed by atoms with Gasteiger partial charge in [0.1, 0.15) is 24.0 Å². The Morgan fingerprint density at radius 3 is 2.77 bits per heavy atom. The van der Waals surface area contributed by atoms with Crippen molar-refractivity contribution < 1.29 is 37.0 Å². The van der Waals surface area contributed by atoms with Crippen LogP contribution in [-0.4, -0.2) is 62.1 Å². The Hall–Kier alpha value is -3.50. The van der Waals surface area contributed by atoms with E-state index in [0.29, 0.717) is 13.0 Å². The van der Waals surface area contributed by atoms with E-state index in [1.165, 1.54) is 24.7 Å². The van der Waals surface area contributed by atoms with Gasteiger partial charge < -0.3 is 29.1 Å². The summed E-state index contributed by atoms with van der Waals surface area (Å²) in [6.07, 6.45) is -1.74. The quantitative estimate of drug-likeness (QED) is 0.113. The van der Waals surface area contributed by atoms with E-state index in [4.69, 9.17) is 33.1 Å². The third kappa shape index (κ3) is 5.83. The molecule has 4 N–H and O–H groups in total. The zero-order chi connectivity index (χ0) is 29.1. The number of aliphatic hydroxyl groups is 1. The fourth-order valence-electron chi connectivity index (χ4n) is 4.10. The van der Waals surface area contributed by atoms with Gasteiger partial charge in [-0.15, -0.1) is 0 Å². The number of fused-ring (bicyclic) bond motifs is 1. The van der Waals surface area contributed by atoms with E-state index in [1.54, 1.807) is 6.92 Å². The molecule has 0 saturated carbocycles. The Morgan fingerprint density at radius 1 is 1.35 bits per heavy atom. The van der Waals surface area contributed by atoms with Crippen molar-refractivity contribution in [2.75, 3.05) is 25.5 Å². The summed E-state index contributed by atoms with van der Waals surface area (Å²) in [4.78, 5) is 26.8. The molecule has 0 amide bonds. The van der Waals surface area contributed by atoms with Crippen LogP contribution in [0.3, 0.4) is 0 Å². The number of nitrogens with two attached hydrogens (primary N) is 1. The van der Waals surface area contributed by atoms with Gasteiger partial charge in [-0.05, 0) is 32.7 Å². The minimum atomic E-state index is -4.01. The molecule has 0 aliphatic carbocycles. The first-order chi connectivity index (χ1) is 19.0. The summed E-state index contributed by atoms with van der Waals surface area (Å²) in [6, 6.07) is 0. The third-order valence-electron chi connectivity index (χ3n) is 6.12. The lowest BCUT2D eigenvalue weighted by molar-refractivity contribution is -0.0438. The van der Waals surface area contributed by atoms with Crippen LogP contribution >= 0.6 is 7.75 Å². The lowest BCUT2D eigenvalue weighted by Crippen LogP contribution is -2.42. The van der Waals surface area contributed by atoms with Crippen molar-refractivity contribution in [2.24, 2.45) is 5.11 Å². The molecule has 218 valence electrons. The largest absolute Gasteiger partial charge is 0.519 e. The minimum Gasteiger partial charge on any atom is -0.476 e. The predicted octanol–water partition coefficient (Wildman–Crippen LogP) is 2.33. The highest BCUT2D eigenvalue weighted by atomic mass is 31.2. The number of aliphatic hydroxyl groups excluding tert-OH is 1. The summed E-state index contributed by atoms with van der Waals surface area (Å²) in [6.45, 7) is 6.33. The van der Waals surface area contributed by atoms with Crippen LogP contribution in [0.5, 0.6) is 5.88 Å². The second-order valence-corrected chi connectivity index (χ2v) is 10.8. The molecule has 3 aromatic heterocycles. The first-order valence-corrected chi connectivity index (χ1v) is 13.9. The van der Waals surface area contributed by atoms with Crippen molar-refractivity contribution in [3.8, 4) is 5.88 Å². The molecular weight excluding hydrogens is 553 g/mol. The Balaban J connectivity index is 1.59. The minimum absolute atomic E-state index is 0.0416. The van der Waals surface area contributed by atoms with Crippen LogP contribution in [0, 0.1) is 6.92 Å². The van der Waals surface area contributed by atoms with Crippen molar-refractivity contribution in [1.29, 1.82) is 0 Å². The van der Waals surface area contributed by atoms with E-state index in [1.807, 2.05) is 6.92 Å². The maximum atomic E-state index is 13.5. The standard InChI is InChI=1S/C21H30N9O9P/c1-5-7-25-40(33,35-8-12-11(3)37-20(32)39-12)36-9-13-15(31)21(4,28-29-23)18(38-13)30-10-24-14-16(30)26-19(22)27-17(14)34-6-2/h10,13,15,18,31H,5-9H2,1-4H3,(H,25,33)(H2,22,26,27)/t13-,15-,18-,21-,40?/m1/s1. The molecule has 1 unspecified atom stereocenters. The van der Waals surface area contributed by atoms with Crippen LogP contribution in [0.15, 0.2) is 25.1 Å². The van der Waals surface area contributed by atoms with Crippen molar-refractivity contribution in [2.45, 2.75) is 64.7 Å². The number of imidazole rings is 1. The summed E-state index contributed by atoms with van der Waals surface area (Å²) in [5, 5.41) is 17.7. The number of nitrogens with zero attached hydrogens (tertiary/aromatic N) is 7. The van der Waals surface area contributed by atoms with Gasteiger partial charge in [-0.3, -0.25) is 13.6 Å². The average molecular weight is 583 g/mol. The second-order valence-electron chi connectivity index (χ2n) is 8.94. The van der Waals surface area contributed by atoms with Crippen LogP contribution in [-0.2, 0) is 25.0 Å². The molecular formula is C21H30N9O9P. The highest BCUT2D eigenvalue weighted by Crippen LogP contribution is 2.48. The molecule has 0 spiro atoms. The summed E-state index contributed by atoms with van der Waals surface area (Å²) in [7, 11) is -4.01. The Kier molecular flexibility index (Phi) is 8.80. The topological polar surface area (TPSA) is 248 Å². The highest BCUT2D eigenvalue weighted by Gasteiger charge is 2.55. The van der Waals surface area contributed by atoms with Gasteiger partial charge in [0, 0.05) is 11.5 Å². The number of hydrogen-bond donors (Lipinski definition) is 3. The fourth-order valence-corrected chi connectivity index (χ4v) is 5.48. The lowest BCUT2D eigenvalue weighted by Gasteiger charge is -2.28. The molecule has 18 nitrogen and oxygen atoms in total. The van der Waals surface area contributed by atoms with E-state index in [0.717, 1.165) is 0 Å². The molecule has 0 aromatic carbocycles. The molecule has 0 radical (unpaired) electrons. The van der Waals surface area contributed by atoms with E-state index in [2.05, 4.69) is 30.1 Å². The molecule has 1 saturated heterocycles. The molecule has 4 rings (SSSR count). The molecule has 0 bridgehead atoms. The number of aryl methyl sites for hydroxylation is 1. The predicted molar refractivity (Wildman–Crippen MR) is 137 cm³/mol. The molecule has 19 heteroatoms. The summed E-state index contributed by atoms with van der Waals surface area (Å²) >= 11 is 0. The number of azide groups is 1. The van der Waals surface area contributed by atoms with Crippen molar-refractivity contribution in [3.05, 3.63) is 38.9 Å². The van der Waals surface area contributed by atoms with Crippen molar-refractivity contribution in [3.63, 3.8) is 0 Å². The van der Waals surface area contributed by atoms with Gasteiger partial charge in [0.05, 0.1) is 25.6 Å². The van der Waals surface area contributed by atoms with Crippen LogP contribution in [0.1, 0.15) is 44.9 Å². The van der Waals surface area contributed by atoms with Gasteiger partial charge in [-0.1, -0.05) is 12.0 Å². The summed E-state index contributed by atoms with van der Waals surface area (Å²) in [5.41, 5.74) is 14.1. The molecule has 40 heavy (non-hydrogen) atoms. The number of hydrogen-bond acceptors (Lipinski definition) is 14. The molecule has 1 aliphatic heterocycles. The average Bonchev–Trinajstić information content (AvgIpc) is 3.54. The van der Waals surface area contributed by atoms with Gasteiger partial charge >= 0.3 is 13.6 Å². The van der Waals surface area contributed by atoms with Crippen molar-refractivity contribution >= 4 is 24.9 Å². The van der Waals surface area contributed by atoms with E-state index in [9.17, 15) is 20.0 Å². The molecule has 5 atom stereocenters. The van der Waals surface area contributed by atoms with Gasteiger partial charge in [-0.2, -0.15) is 9.97 Å². The Morgan fingerprint density at radius 2 is 2.12 bits per heavy atom. The van der Waals surface area contributed by atoms with Crippen molar-refractivity contribution in [1.82, 2.24) is 24.6 Å². The zero-order valence-electron chi connectivity index (χ0n) is 22.2. The van der Waals surface area contributed by atoms with Crippen LogP contribution < -0.4 is 21.4 Å². The van der Waals surface area contributed by atoms with Gasteiger partial charge in [-0.25, -0.2) is 19.4 Å². The lowest BCUT2D eigenvalue weighted by atomic mass is 9.93. The maximum Gasteiger partial charge on any atom is 0.519 e. The van der Waals surface area contributed by atoms with Crippen LogP contribution in [0.25, 0.3) is 21.6 Å². The normalized spacial score (nSPS) is 24.2.